The third-order valence-corrected chi connectivity index (χ3v) is 3.36. The number of rotatable bonds is 4. The lowest BCUT2D eigenvalue weighted by molar-refractivity contribution is -0.150. The lowest BCUT2D eigenvalue weighted by Crippen LogP contribution is -2.46. The van der Waals surface area contributed by atoms with E-state index in [9.17, 15) is 18.0 Å². The number of alkyl halides is 3. The van der Waals surface area contributed by atoms with Crippen molar-refractivity contribution in [1.82, 2.24) is 4.90 Å². The molecule has 21 heavy (non-hydrogen) atoms. The molecule has 1 fully saturated rings. The molecule has 4 nitrogen and oxygen atoms in total. The van der Waals surface area contributed by atoms with Gasteiger partial charge in [0.25, 0.3) is 0 Å². The maximum Gasteiger partial charge on any atom is 0.416 e. The van der Waals surface area contributed by atoms with Crippen LogP contribution in [0.4, 0.5) is 13.2 Å². The minimum Gasteiger partial charge on any atom is -0.367 e. The Morgan fingerprint density at radius 3 is 2.52 bits per heavy atom. The zero-order valence-corrected chi connectivity index (χ0v) is 11.4. The van der Waals surface area contributed by atoms with E-state index in [2.05, 4.69) is 0 Å². The second-order valence-corrected chi connectivity index (χ2v) is 4.98. The number of carbonyl (C=O) groups is 1. The van der Waals surface area contributed by atoms with Crippen LogP contribution in [-0.4, -0.2) is 36.6 Å². The molecule has 1 aliphatic rings. The number of nitrogens with zero attached hydrogens (tertiary/aromatic N) is 1. The molecule has 0 bridgehead atoms. The predicted molar refractivity (Wildman–Crippen MR) is 70.3 cm³/mol. The number of hydrogen-bond donors (Lipinski definition) is 1. The SMILES string of the molecule is NCCC1CN(Cc2ccc(C(F)(F)F)cc2)C(=O)CO1. The standard InChI is InChI=1S/C14H17F3N2O2/c15-14(16,17)11-3-1-10(2-4-11)7-19-8-12(5-6-18)21-9-13(19)20/h1-4,12H,5-9,18H2. The molecule has 1 unspecified atom stereocenters. The summed E-state index contributed by atoms with van der Waals surface area (Å²) < 4.78 is 42.8. The molecule has 1 heterocycles. The highest BCUT2D eigenvalue weighted by Crippen LogP contribution is 2.29. The smallest absolute Gasteiger partial charge is 0.367 e. The van der Waals surface area contributed by atoms with Gasteiger partial charge in [0.05, 0.1) is 11.7 Å². The highest BCUT2D eigenvalue weighted by atomic mass is 19.4. The molecule has 2 rings (SSSR count). The number of morpholine rings is 1. The topological polar surface area (TPSA) is 55.6 Å². The Morgan fingerprint density at radius 1 is 1.29 bits per heavy atom. The molecule has 0 saturated carbocycles. The lowest BCUT2D eigenvalue weighted by Gasteiger charge is -2.32. The molecule has 2 N–H and O–H groups in total. The second-order valence-electron chi connectivity index (χ2n) is 4.98. The lowest BCUT2D eigenvalue weighted by atomic mass is 10.1. The minimum absolute atomic E-state index is 0.00863. The number of benzene rings is 1. The fourth-order valence-corrected chi connectivity index (χ4v) is 2.21. The number of amides is 1. The molecule has 1 aromatic rings. The van der Waals surface area contributed by atoms with E-state index in [1.165, 1.54) is 12.1 Å². The average Bonchev–Trinajstić information content (AvgIpc) is 2.42. The van der Waals surface area contributed by atoms with Crippen LogP contribution in [0.15, 0.2) is 24.3 Å². The van der Waals surface area contributed by atoms with Crippen molar-refractivity contribution >= 4 is 5.91 Å². The Hall–Kier alpha value is -1.60. The molecule has 116 valence electrons. The normalized spacial score (nSPS) is 19.9. The van der Waals surface area contributed by atoms with Gasteiger partial charge in [0, 0.05) is 13.1 Å². The molecule has 0 spiro atoms. The summed E-state index contributed by atoms with van der Waals surface area (Å²) in [5.74, 6) is -0.164. The molecule has 0 aliphatic carbocycles. The van der Waals surface area contributed by atoms with Crippen LogP contribution in [0, 0.1) is 0 Å². The fraction of sp³-hybridized carbons (Fsp3) is 0.500. The third kappa shape index (κ3) is 4.18. The Balaban J connectivity index is 2.01. The van der Waals surface area contributed by atoms with Gasteiger partial charge in [0.15, 0.2) is 0 Å². The maximum absolute atomic E-state index is 12.5. The highest BCUT2D eigenvalue weighted by molar-refractivity contribution is 5.78. The first-order valence-electron chi connectivity index (χ1n) is 6.65. The van der Waals surface area contributed by atoms with Gasteiger partial charge in [-0.15, -0.1) is 0 Å². The van der Waals surface area contributed by atoms with Crippen molar-refractivity contribution in [3.8, 4) is 0 Å². The molecule has 1 amide bonds. The number of halogens is 3. The summed E-state index contributed by atoms with van der Waals surface area (Å²) in [5, 5.41) is 0. The van der Waals surface area contributed by atoms with E-state index in [0.29, 0.717) is 25.1 Å². The molecule has 1 aliphatic heterocycles. The van der Waals surface area contributed by atoms with Crippen molar-refractivity contribution in [2.45, 2.75) is 25.2 Å². The van der Waals surface area contributed by atoms with Gasteiger partial charge in [-0.25, -0.2) is 0 Å². The summed E-state index contributed by atoms with van der Waals surface area (Å²) in [4.78, 5) is 13.4. The van der Waals surface area contributed by atoms with Gasteiger partial charge in [-0.3, -0.25) is 4.79 Å². The summed E-state index contributed by atoms with van der Waals surface area (Å²) in [6, 6.07) is 4.84. The first kappa shape index (κ1) is 15.8. The molecule has 0 radical (unpaired) electrons. The van der Waals surface area contributed by atoms with Crippen molar-refractivity contribution in [1.29, 1.82) is 0 Å². The van der Waals surface area contributed by atoms with Crippen LogP contribution in [0.5, 0.6) is 0 Å². The van der Waals surface area contributed by atoms with Crippen LogP contribution < -0.4 is 5.73 Å². The summed E-state index contributed by atoms with van der Waals surface area (Å²) in [6.45, 7) is 1.15. The van der Waals surface area contributed by atoms with Crippen molar-refractivity contribution in [2.24, 2.45) is 5.73 Å². The third-order valence-electron chi connectivity index (χ3n) is 3.36. The van der Waals surface area contributed by atoms with E-state index in [1.54, 1.807) is 4.90 Å². The van der Waals surface area contributed by atoms with Crippen LogP contribution >= 0.6 is 0 Å². The van der Waals surface area contributed by atoms with E-state index in [0.717, 1.165) is 12.1 Å². The van der Waals surface area contributed by atoms with Gasteiger partial charge in [-0.1, -0.05) is 12.1 Å². The Labute approximate surface area is 120 Å². The number of hydrogen-bond acceptors (Lipinski definition) is 3. The summed E-state index contributed by atoms with van der Waals surface area (Å²) >= 11 is 0. The highest BCUT2D eigenvalue weighted by Gasteiger charge is 2.30. The van der Waals surface area contributed by atoms with Crippen LogP contribution in [0.2, 0.25) is 0 Å². The van der Waals surface area contributed by atoms with Crippen LogP contribution in [-0.2, 0) is 22.3 Å². The van der Waals surface area contributed by atoms with E-state index in [-0.39, 0.29) is 25.2 Å². The summed E-state index contributed by atoms with van der Waals surface area (Å²) in [5.41, 5.74) is 5.42. The Kier molecular flexibility index (Phi) is 4.84. The number of ether oxygens (including phenoxy) is 1. The van der Waals surface area contributed by atoms with Crippen LogP contribution in [0.1, 0.15) is 17.5 Å². The number of carbonyl (C=O) groups excluding carboxylic acids is 1. The van der Waals surface area contributed by atoms with Gasteiger partial charge in [-0.2, -0.15) is 13.2 Å². The molecule has 0 aromatic heterocycles. The zero-order valence-electron chi connectivity index (χ0n) is 11.4. The summed E-state index contributed by atoms with van der Waals surface area (Å²) in [6.07, 6.45) is -3.81. The van der Waals surface area contributed by atoms with Gasteiger partial charge in [0.2, 0.25) is 5.91 Å². The van der Waals surface area contributed by atoms with Crippen molar-refractivity contribution in [2.75, 3.05) is 19.7 Å². The van der Waals surface area contributed by atoms with E-state index in [4.69, 9.17) is 10.5 Å². The zero-order chi connectivity index (χ0) is 15.5. The predicted octanol–water partition coefficient (Wildman–Crippen LogP) is 1.78. The van der Waals surface area contributed by atoms with E-state index < -0.39 is 11.7 Å². The van der Waals surface area contributed by atoms with Crippen LogP contribution in [0.3, 0.4) is 0 Å². The minimum atomic E-state index is -4.35. The van der Waals surface area contributed by atoms with Crippen LogP contribution in [0.25, 0.3) is 0 Å². The molecular weight excluding hydrogens is 285 g/mol. The van der Waals surface area contributed by atoms with Crippen molar-refractivity contribution in [3.63, 3.8) is 0 Å². The molecule has 1 atom stereocenters. The fourth-order valence-electron chi connectivity index (χ4n) is 2.21. The van der Waals surface area contributed by atoms with Crippen molar-refractivity contribution < 1.29 is 22.7 Å². The van der Waals surface area contributed by atoms with Gasteiger partial charge in [0.1, 0.15) is 6.61 Å². The van der Waals surface area contributed by atoms with Gasteiger partial charge >= 0.3 is 6.18 Å². The first-order valence-corrected chi connectivity index (χ1v) is 6.65. The van der Waals surface area contributed by atoms with Gasteiger partial charge in [-0.05, 0) is 30.7 Å². The summed E-state index contributed by atoms with van der Waals surface area (Å²) in [7, 11) is 0. The maximum atomic E-state index is 12.5. The first-order chi connectivity index (χ1) is 9.90. The quantitative estimate of drug-likeness (QED) is 0.922. The second kappa shape index (κ2) is 6.44. The monoisotopic (exact) mass is 302 g/mol. The average molecular weight is 302 g/mol. The molecule has 1 saturated heterocycles. The Bertz CT molecular complexity index is 488. The van der Waals surface area contributed by atoms with E-state index >= 15 is 0 Å². The van der Waals surface area contributed by atoms with Gasteiger partial charge < -0.3 is 15.4 Å². The molecule has 7 heteroatoms. The molecular formula is C14H17F3N2O2. The van der Waals surface area contributed by atoms with E-state index in [1.807, 2.05) is 0 Å². The number of nitrogens with two attached hydrogens (primary N) is 1. The Morgan fingerprint density at radius 2 is 1.95 bits per heavy atom. The van der Waals surface area contributed by atoms with Crippen molar-refractivity contribution in [3.05, 3.63) is 35.4 Å². The molecule has 1 aromatic carbocycles. The largest absolute Gasteiger partial charge is 0.416 e.